The van der Waals surface area contributed by atoms with Crippen molar-refractivity contribution in [2.45, 2.75) is 32.2 Å². The SMILES string of the molecule is CCCC(=O)C(Cc1ccccc1)N1C(=O)/C(=C\c2ccc(-c3ccc(Cl)cc3)o2)NC1=S. The molecule has 0 aliphatic carbocycles. The molecule has 1 fully saturated rings. The third-order valence-corrected chi connectivity index (χ3v) is 5.95. The van der Waals surface area contributed by atoms with Crippen LogP contribution in [-0.2, 0) is 16.0 Å². The third kappa shape index (κ3) is 5.24. The number of amides is 1. The molecule has 1 saturated heterocycles. The molecule has 1 unspecified atom stereocenters. The molecule has 1 atom stereocenters. The van der Waals surface area contributed by atoms with Gasteiger partial charge < -0.3 is 9.73 Å². The Labute approximate surface area is 203 Å². The monoisotopic (exact) mass is 478 g/mol. The number of rotatable bonds is 8. The number of benzene rings is 2. The number of hydrogen-bond donors (Lipinski definition) is 1. The van der Waals surface area contributed by atoms with Gasteiger partial charge in [0, 0.05) is 29.5 Å². The summed E-state index contributed by atoms with van der Waals surface area (Å²) in [6.07, 6.45) is 3.10. The Bertz CT molecular complexity index is 1200. The first-order valence-electron chi connectivity index (χ1n) is 10.7. The number of nitrogens with zero attached hydrogens (tertiary/aromatic N) is 1. The lowest BCUT2D eigenvalue weighted by Crippen LogP contribution is -2.46. The van der Waals surface area contributed by atoms with Crippen molar-refractivity contribution in [2.75, 3.05) is 0 Å². The summed E-state index contributed by atoms with van der Waals surface area (Å²) in [5.41, 5.74) is 2.12. The van der Waals surface area contributed by atoms with Crippen molar-refractivity contribution >= 4 is 46.7 Å². The molecule has 0 radical (unpaired) electrons. The maximum absolute atomic E-state index is 13.3. The van der Waals surface area contributed by atoms with E-state index in [2.05, 4.69) is 5.32 Å². The number of hydrogen-bond acceptors (Lipinski definition) is 4. The zero-order chi connectivity index (χ0) is 23.4. The highest BCUT2D eigenvalue weighted by Gasteiger charge is 2.39. The van der Waals surface area contributed by atoms with Gasteiger partial charge in [-0.1, -0.05) is 48.9 Å². The summed E-state index contributed by atoms with van der Waals surface area (Å²) in [7, 11) is 0. The second kappa shape index (κ2) is 10.1. The van der Waals surface area contributed by atoms with E-state index in [0.29, 0.717) is 35.8 Å². The molecule has 3 aromatic rings. The van der Waals surface area contributed by atoms with Gasteiger partial charge in [0.25, 0.3) is 5.91 Å². The molecule has 1 aliphatic heterocycles. The Hall–Kier alpha value is -3.22. The van der Waals surface area contributed by atoms with Crippen LogP contribution < -0.4 is 5.32 Å². The first-order chi connectivity index (χ1) is 16.0. The van der Waals surface area contributed by atoms with Crippen LogP contribution in [0.3, 0.4) is 0 Å². The number of Topliss-reactive ketones (excluding diaryl/α,β-unsaturated/α-hetero) is 1. The van der Waals surface area contributed by atoms with E-state index in [9.17, 15) is 9.59 Å². The van der Waals surface area contributed by atoms with Crippen molar-refractivity contribution in [3.8, 4) is 11.3 Å². The molecule has 7 heteroatoms. The summed E-state index contributed by atoms with van der Waals surface area (Å²) in [6.45, 7) is 1.94. The van der Waals surface area contributed by atoms with Crippen LogP contribution in [0.2, 0.25) is 5.02 Å². The van der Waals surface area contributed by atoms with E-state index in [0.717, 1.165) is 11.1 Å². The number of furan rings is 1. The zero-order valence-electron chi connectivity index (χ0n) is 18.1. The predicted molar refractivity (Wildman–Crippen MR) is 134 cm³/mol. The summed E-state index contributed by atoms with van der Waals surface area (Å²) in [4.78, 5) is 27.6. The maximum Gasteiger partial charge on any atom is 0.277 e. The number of thiocarbonyl (C=S) groups is 1. The van der Waals surface area contributed by atoms with Crippen LogP contribution in [0.25, 0.3) is 17.4 Å². The summed E-state index contributed by atoms with van der Waals surface area (Å²) in [5.74, 6) is 0.807. The third-order valence-electron chi connectivity index (χ3n) is 5.40. The lowest BCUT2D eigenvalue weighted by molar-refractivity contribution is -0.131. The maximum atomic E-state index is 13.3. The lowest BCUT2D eigenvalue weighted by atomic mass is 9.98. The van der Waals surface area contributed by atoms with Gasteiger partial charge in [-0.2, -0.15) is 0 Å². The van der Waals surface area contributed by atoms with E-state index >= 15 is 0 Å². The number of halogens is 1. The van der Waals surface area contributed by atoms with Crippen molar-refractivity contribution in [1.29, 1.82) is 0 Å². The number of nitrogens with one attached hydrogen (secondary N) is 1. The Balaban J connectivity index is 1.58. The summed E-state index contributed by atoms with van der Waals surface area (Å²) in [6, 6.07) is 19.9. The van der Waals surface area contributed by atoms with Crippen molar-refractivity contribution in [1.82, 2.24) is 10.2 Å². The summed E-state index contributed by atoms with van der Waals surface area (Å²) >= 11 is 11.4. The van der Waals surface area contributed by atoms with Crippen molar-refractivity contribution in [2.24, 2.45) is 0 Å². The number of carbonyl (C=O) groups excluding carboxylic acids is 2. The highest BCUT2D eigenvalue weighted by molar-refractivity contribution is 7.80. The van der Waals surface area contributed by atoms with Gasteiger partial charge in [0.05, 0.1) is 0 Å². The fraction of sp³-hybridized carbons (Fsp3) is 0.192. The van der Waals surface area contributed by atoms with Gasteiger partial charge in [-0.3, -0.25) is 14.5 Å². The minimum absolute atomic E-state index is 0.0110. The van der Waals surface area contributed by atoms with Gasteiger partial charge >= 0.3 is 0 Å². The number of carbonyl (C=O) groups is 2. The van der Waals surface area contributed by atoms with Crippen LogP contribution in [0.4, 0.5) is 0 Å². The fourth-order valence-electron chi connectivity index (χ4n) is 3.77. The van der Waals surface area contributed by atoms with Crippen LogP contribution in [0.5, 0.6) is 0 Å². The van der Waals surface area contributed by atoms with Crippen LogP contribution in [-0.4, -0.2) is 27.7 Å². The number of ketones is 1. The fourth-order valence-corrected chi connectivity index (χ4v) is 4.22. The molecule has 0 bridgehead atoms. The van der Waals surface area contributed by atoms with E-state index in [4.69, 9.17) is 28.2 Å². The molecule has 2 heterocycles. The van der Waals surface area contributed by atoms with Crippen LogP contribution in [0.1, 0.15) is 31.1 Å². The standard InChI is InChI=1S/C26H23ClN2O3S/c1-2-6-23(30)22(15-17-7-4-3-5-8-17)29-25(31)21(28-26(29)33)16-20-13-14-24(32-20)18-9-11-19(27)12-10-18/h3-5,7-14,16,22H,2,6,15H2,1H3,(H,28,33)/b21-16+. The second-order valence-electron chi connectivity index (χ2n) is 7.79. The van der Waals surface area contributed by atoms with Gasteiger partial charge in [-0.15, -0.1) is 0 Å². The predicted octanol–water partition coefficient (Wildman–Crippen LogP) is 5.64. The summed E-state index contributed by atoms with van der Waals surface area (Å²) < 4.78 is 5.89. The second-order valence-corrected chi connectivity index (χ2v) is 8.62. The van der Waals surface area contributed by atoms with Gasteiger partial charge in [0.1, 0.15) is 23.3 Å². The highest BCUT2D eigenvalue weighted by atomic mass is 35.5. The van der Waals surface area contributed by atoms with Crippen molar-refractivity contribution < 1.29 is 14.0 Å². The minimum atomic E-state index is -0.660. The molecule has 4 rings (SSSR count). The summed E-state index contributed by atoms with van der Waals surface area (Å²) in [5, 5.41) is 3.83. The zero-order valence-corrected chi connectivity index (χ0v) is 19.7. The van der Waals surface area contributed by atoms with Crippen molar-refractivity contribution in [3.05, 3.63) is 88.8 Å². The Morgan fingerprint density at radius 2 is 1.85 bits per heavy atom. The van der Waals surface area contributed by atoms with Gasteiger partial charge in [-0.05, 0) is 60.6 Å². The highest BCUT2D eigenvalue weighted by Crippen LogP contribution is 2.26. The molecule has 2 aromatic carbocycles. The van der Waals surface area contributed by atoms with Crippen LogP contribution in [0, 0.1) is 0 Å². The van der Waals surface area contributed by atoms with Gasteiger partial charge in [0.15, 0.2) is 10.9 Å². The lowest BCUT2D eigenvalue weighted by Gasteiger charge is -2.25. The molecule has 1 amide bonds. The van der Waals surface area contributed by atoms with E-state index in [1.807, 2.05) is 55.5 Å². The molecule has 33 heavy (non-hydrogen) atoms. The normalized spacial score (nSPS) is 15.7. The average Bonchev–Trinajstić information content (AvgIpc) is 3.38. The largest absolute Gasteiger partial charge is 0.457 e. The Kier molecular flexibility index (Phi) is 7.06. The Morgan fingerprint density at radius 1 is 1.12 bits per heavy atom. The topological polar surface area (TPSA) is 62.6 Å². The molecule has 168 valence electrons. The molecule has 0 saturated carbocycles. The van der Waals surface area contributed by atoms with Gasteiger partial charge in [0.2, 0.25) is 0 Å². The average molecular weight is 479 g/mol. The molecule has 1 N–H and O–H groups in total. The Morgan fingerprint density at radius 3 is 2.55 bits per heavy atom. The van der Waals surface area contributed by atoms with Crippen LogP contribution in [0.15, 0.2) is 76.8 Å². The quantitative estimate of drug-likeness (QED) is 0.335. The molecular weight excluding hydrogens is 456 g/mol. The molecule has 1 aromatic heterocycles. The van der Waals surface area contributed by atoms with Crippen molar-refractivity contribution in [3.63, 3.8) is 0 Å². The molecular formula is C26H23ClN2O3S. The van der Waals surface area contributed by atoms with E-state index in [1.54, 1.807) is 24.3 Å². The van der Waals surface area contributed by atoms with Gasteiger partial charge in [-0.25, -0.2) is 0 Å². The smallest absolute Gasteiger partial charge is 0.277 e. The molecule has 0 spiro atoms. The molecule has 5 nitrogen and oxygen atoms in total. The van der Waals surface area contributed by atoms with E-state index < -0.39 is 6.04 Å². The van der Waals surface area contributed by atoms with E-state index in [1.165, 1.54) is 4.90 Å². The van der Waals surface area contributed by atoms with Crippen LogP contribution >= 0.6 is 23.8 Å². The first-order valence-corrected chi connectivity index (χ1v) is 11.5. The minimum Gasteiger partial charge on any atom is -0.457 e. The first kappa shape index (κ1) is 23.0. The molecule has 1 aliphatic rings. The van der Waals surface area contributed by atoms with E-state index in [-0.39, 0.29) is 22.5 Å².